The fraction of sp³-hybridized carbons (Fsp3) is 0.429. The van der Waals surface area contributed by atoms with Crippen LogP contribution in [0.2, 0.25) is 0 Å². The number of benzene rings is 1. The number of rotatable bonds is 3. The highest BCUT2D eigenvalue weighted by Gasteiger charge is 2.53. The van der Waals surface area contributed by atoms with E-state index in [0.29, 0.717) is 17.0 Å². The number of carbonyl (C=O) groups is 2. The lowest BCUT2D eigenvalue weighted by atomic mass is 9.83. The Kier molecular flexibility index (Phi) is 3.22. The minimum atomic E-state index is -1.30. The summed E-state index contributed by atoms with van der Waals surface area (Å²) in [6, 6.07) is 5.25. The first kappa shape index (κ1) is 13.4. The van der Waals surface area contributed by atoms with Crippen molar-refractivity contribution in [2.75, 3.05) is 25.7 Å². The van der Waals surface area contributed by atoms with Crippen LogP contribution in [0.1, 0.15) is 19.4 Å². The molecule has 1 unspecified atom stereocenters. The number of carbonyl (C=O) groups excluding carboxylic acids is 2. The molecule has 1 aromatic carbocycles. The quantitative estimate of drug-likeness (QED) is 0.612. The minimum Gasteiger partial charge on any atom is -0.497 e. The van der Waals surface area contributed by atoms with Gasteiger partial charge in [-0.15, -0.1) is 0 Å². The molecule has 0 radical (unpaired) electrons. The van der Waals surface area contributed by atoms with Crippen LogP contribution < -0.4 is 9.64 Å². The van der Waals surface area contributed by atoms with Crippen molar-refractivity contribution in [3.8, 4) is 5.75 Å². The van der Waals surface area contributed by atoms with Gasteiger partial charge in [0.15, 0.2) is 5.41 Å². The summed E-state index contributed by atoms with van der Waals surface area (Å²) in [6.45, 7) is 3.55. The maximum Gasteiger partial charge on any atom is 0.326 e. The monoisotopic (exact) mass is 263 g/mol. The predicted molar refractivity (Wildman–Crippen MR) is 70.4 cm³/mol. The average Bonchev–Trinajstić information content (AvgIpc) is 2.62. The second kappa shape index (κ2) is 4.57. The van der Waals surface area contributed by atoms with E-state index in [9.17, 15) is 9.59 Å². The maximum absolute atomic E-state index is 12.4. The second-order valence-corrected chi connectivity index (χ2v) is 4.59. The van der Waals surface area contributed by atoms with Crippen LogP contribution >= 0.6 is 0 Å². The summed E-state index contributed by atoms with van der Waals surface area (Å²) in [6.07, 6.45) is 0. The number of anilines is 1. The average molecular weight is 263 g/mol. The Hall–Kier alpha value is -2.04. The van der Waals surface area contributed by atoms with Gasteiger partial charge >= 0.3 is 5.97 Å². The van der Waals surface area contributed by atoms with Crippen LogP contribution in [0.5, 0.6) is 5.75 Å². The van der Waals surface area contributed by atoms with E-state index in [1.165, 1.54) is 4.90 Å². The molecular weight excluding hydrogens is 246 g/mol. The smallest absolute Gasteiger partial charge is 0.326 e. The van der Waals surface area contributed by atoms with E-state index in [1.54, 1.807) is 46.2 Å². The molecule has 0 saturated carbocycles. The molecule has 1 aliphatic heterocycles. The molecule has 1 atom stereocenters. The van der Waals surface area contributed by atoms with Gasteiger partial charge in [-0.1, -0.05) is 0 Å². The Morgan fingerprint density at radius 1 is 1.42 bits per heavy atom. The van der Waals surface area contributed by atoms with Gasteiger partial charge in [0.1, 0.15) is 5.75 Å². The van der Waals surface area contributed by atoms with Gasteiger partial charge in [0.05, 0.1) is 13.7 Å². The van der Waals surface area contributed by atoms with Crippen LogP contribution in [0, 0.1) is 0 Å². The Bertz CT molecular complexity index is 540. The van der Waals surface area contributed by atoms with E-state index < -0.39 is 11.4 Å². The molecule has 0 fully saturated rings. The van der Waals surface area contributed by atoms with Gasteiger partial charge in [0, 0.05) is 18.3 Å². The van der Waals surface area contributed by atoms with Gasteiger partial charge in [0.25, 0.3) is 0 Å². The number of fused-ring (bicyclic) bond motifs is 1. The first-order valence-corrected chi connectivity index (χ1v) is 6.10. The highest BCUT2D eigenvalue weighted by atomic mass is 16.5. The Balaban J connectivity index is 2.59. The van der Waals surface area contributed by atoms with Crippen molar-refractivity contribution in [1.82, 2.24) is 0 Å². The summed E-state index contributed by atoms with van der Waals surface area (Å²) in [4.78, 5) is 26.0. The second-order valence-electron chi connectivity index (χ2n) is 4.59. The molecule has 102 valence electrons. The third-order valence-electron chi connectivity index (χ3n) is 3.52. The normalized spacial score (nSPS) is 21.3. The van der Waals surface area contributed by atoms with Gasteiger partial charge in [-0.25, -0.2) is 0 Å². The molecule has 5 nitrogen and oxygen atoms in total. The van der Waals surface area contributed by atoms with E-state index in [0.717, 1.165) is 0 Å². The molecular formula is C14H17NO4. The standard InChI is InChI=1S/C14H17NO4/c1-5-19-13(17)14(2)10-8-9(18-4)6-7-11(10)15(3)12(14)16/h6-8H,5H2,1-4H3. The molecule has 5 heteroatoms. The lowest BCUT2D eigenvalue weighted by Crippen LogP contribution is -2.43. The molecule has 0 aromatic heterocycles. The molecule has 0 spiro atoms. The first-order chi connectivity index (χ1) is 8.96. The van der Waals surface area contributed by atoms with E-state index in [1.807, 2.05) is 0 Å². The van der Waals surface area contributed by atoms with E-state index >= 15 is 0 Å². The molecule has 0 N–H and O–H groups in total. The largest absolute Gasteiger partial charge is 0.497 e. The lowest BCUT2D eigenvalue weighted by molar-refractivity contribution is -0.152. The third kappa shape index (κ3) is 1.77. The molecule has 0 saturated heterocycles. The summed E-state index contributed by atoms with van der Waals surface area (Å²) in [5, 5.41) is 0. The van der Waals surface area contributed by atoms with Crippen molar-refractivity contribution in [2.45, 2.75) is 19.3 Å². The van der Waals surface area contributed by atoms with Crippen molar-refractivity contribution in [3.63, 3.8) is 0 Å². The molecule has 0 bridgehead atoms. The summed E-state index contributed by atoms with van der Waals surface area (Å²) >= 11 is 0. The van der Waals surface area contributed by atoms with Gasteiger partial charge in [-0.05, 0) is 32.0 Å². The Morgan fingerprint density at radius 3 is 2.68 bits per heavy atom. The molecule has 1 amide bonds. The number of likely N-dealkylation sites (N-methyl/N-ethyl adjacent to an activating group) is 1. The van der Waals surface area contributed by atoms with Crippen LogP contribution in [-0.4, -0.2) is 32.6 Å². The molecule has 19 heavy (non-hydrogen) atoms. The first-order valence-electron chi connectivity index (χ1n) is 6.10. The molecule has 1 heterocycles. The summed E-state index contributed by atoms with van der Waals surface area (Å²) < 4.78 is 10.2. The van der Waals surface area contributed by atoms with Gasteiger partial charge < -0.3 is 14.4 Å². The van der Waals surface area contributed by atoms with Crippen LogP contribution in [-0.2, 0) is 19.7 Å². The fourth-order valence-corrected chi connectivity index (χ4v) is 2.37. The van der Waals surface area contributed by atoms with E-state index in [4.69, 9.17) is 9.47 Å². The predicted octanol–water partition coefficient (Wildman–Crippen LogP) is 1.49. The topological polar surface area (TPSA) is 55.8 Å². The van der Waals surface area contributed by atoms with Crippen LogP contribution in [0.3, 0.4) is 0 Å². The highest BCUT2D eigenvalue weighted by molar-refractivity contribution is 6.19. The van der Waals surface area contributed by atoms with Crippen LogP contribution in [0.25, 0.3) is 0 Å². The third-order valence-corrected chi connectivity index (χ3v) is 3.52. The number of nitrogens with zero attached hydrogens (tertiary/aromatic N) is 1. The number of ether oxygens (including phenoxy) is 2. The summed E-state index contributed by atoms with van der Waals surface area (Å²) in [7, 11) is 3.20. The zero-order valence-corrected chi connectivity index (χ0v) is 11.5. The van der Waals surface area contributed by atoms with Gasteiger partial charge in [-0.2, -0.15) is 0 Å². The van der Waals surface area contributed by atoms with E-state index in [2.05, 4.69) is 0 Å². The van der Waals surface area contributed by atoms with Crippen molar-refractivity contribution in [1.29, 1.82) is 0 Å². The minimum absolute atomic E-state index is 0.241. The number of methoxy groups -OCH3 is 1. The molecule has 1 aliphatic rings. The molecule has 0 aliphatic carbocycles. The van der Waals surface area contributed by atoms with Crippen molar-refractivity contribution < 1.29 is 19.1 Å². The van der Waals surface area contributed by atoms with Gasteiger partial charge in [-0.3, -0.25) is 9.59 Å². The van der Waals surface area contributed by atoms with Crippen LogP contribution in [0.15, 0.2) is 18.2 Å². The highest BCUT2D eigenvalue weighted by Crippen LogP contribution is 2.43. The number of amides is 1. The van der Waals surface area contributed by atoms with Gasteiger partial charge in [0.2, 0.25) is 5.91 Å². The van der Waals surface area contributed by atoms with Crippen molar-refractivity contribution in [2.24, 2.45) is 0 Å². The fourth-order valence-electron chi connectivity index (χ4n) is 2.37. The summed E-state index contributed by atoms with van der Waals surface area (Å²) in [5.41, 5.74) is 0.0356. The molecule has 2 rings (SSSR count). The molecule has 1 aromatic rings. The number of esters is 1. The van der Waals surface area contributed by atoms with E-state index in [-0.39, 0.29) is 12.5 Å². The van der Waals surface area contributed by atoms with Crippen molar-refractivity contribution >= 4 is 17.6 Å². The van der Waals surface area contributed by atoms with Crippen molar-refractivity contribution in [3.05, 3.63) is 23.8 Å². The Morgan fingerprint density at radius 2 is 2.11 bits per heavy atom. The number of hydrogen-bond acceptors (Lipinski definition) is 4. The zero-order chi connectivity index (χ0) is 14.2. The lowest BCUT2D eigenvalue weighted by Gasteiger charge is -2.20. The van der Waals surface area contributed by atoms with Crippen LogP contribution in [0.4, 0.5) is 5.69 Å². The zero-order valence-electron chi connectivity index (χ0n) is 11.5. The Labute approximate surface area is 112 Å². The summed E-state index contributed by atoms with van der Waals surface area (Å²) in [5.74, 6) is -0.203. The SMILES string of the molecule is CCOC(=O)C1(C)C(=O)N(C)c2ccc(OC)cc21. The maximum atomic E-state index is 12.4. The number of hydrogen-bond donors (Lipinski definition) is 0.